The van der Waals surface area contributed by atoms with E-state index in [1.807, 2.05) is 17.5 Å². The number of thiazole rings is 1. The molecule has 3 rings (SSSR count). The number of fused-ring (bicyclic) bond motifs is 2. The van der Waals surface area contributed by atoms with Gasteiger partial charge >= 0.3 is 0 Å². The van der Waals surface area contributed by atoms with E-state index in [9.17, 15) is 0 Å². The Morgan fingerprint density at radius 3 is 2.72 bits per heavy atom. The molecule has 2 fully saturated rings. The second kappa shape index (κ2) is 5.27. The van der Waals surface area contributed by atoms with Crippen molar-refractivity contribution in [3.63, 3.8) is 0 Å². The molecule has 4 heteroatoms. The van der Waals surface area contributed by atoms with Gasteiger partial charge in [-0.2, -0.15) is 0 Å². The van der Waals surface area contributed by atoms with Gasteiger partial charge in [0.05, 0.1) is 6.54 Å². The highest BCUT2D eigenvalue weighted by Gasteiger charge is 2.37. The molecule has 0 aliphatic carbocycles. The van der Waals surface area contributed by atoms with Crippen molar-refractivity contribution >= 4 is 11.3 Å². The number of hydrogen-bond acceptors (Lipinski definition) is 4. The van der Waals surface area contributed by atoms with Gasteiger partial charge in [-0.25, -0.2) is 4.98 Å². The fourth-order valence-electron chi connectivity index (χ4n) is 3.52. The highest BCUT2D eigenvalue weighted by molar-refractivity contribution is 7.11. The summed E-state index contributed by atoms with van der Waals surface area (Å²) >= 11 is 1.88. The van der Waals surface area contributed by atoms with E-state index in [1.165, 1.54) is 42.0 Å². The number of nitrogens with two attached hydrogens (primary N) is 1. The summed E-state index contributed by atoms with van der Waals surface area (Å²) in [5.41, 5.74) is 6.17. The fourth-order valence-corrected chi connectivity index (χ4v) is 4.39. The molecule has 1 aromatic heterocycles. The molecular weight excluding hydrogens is 242 g/mol. The summed E-state index contributed by atoms with van der Waals surface area (Å²) < 4.78 is 0. The van der Waals surface area contributed by atoms with E-state index in [0.29, 0.717) is 18.1 Å². The number of aromatic nitrogens is 1. The van der Waals surface area contributed by atoms with E-state index in [-0.39, 0.29) is 0 Å². The molecule has 2 atom stereocenters. The second-order valence-electron chi connectivity index (χ2n) is 5.72. The number of aryl methyl sites for hydroxylation is 1. The first-order chi connectivity index (χ1) is 8.76. The molecular formula is C14H23N3S. The Bertz CT molecular complexity index is 389. The van der Waals surface area contributed by atoms with E-state index < -0.39 is 0 Å². The summed E-state index contributed by atoms with van der Waals surface area (Å²) in [5, 5.41) is 1.29. The Morgan fingerprint density at radius 1 is 1.39 bits per heavy atom. The SMILES string of the molecule is CCc1cnc(CN2C3CCCC2CC(N)C3)s1. The number of nitrogens with zero attached hydrogens (tertiary/aromatic N) is 2. The van der Waals surface area contributed by atoms with Gasteiger partial charge in [-0.1, -0.05) is 13.3 Å². The maximum Gasteiger partial charge on any atom is 0.107 e. The molecule has 0 saturated carbocycles. The zero-order chi connectivity index (χ0) is 12.5. The van der Waals surface area contributed by atoms with Crippen molar-refractivity contribution in [1.29, 1.82) is 0 Å². The quantitative estimate of drug-likeness (QED) is 0.913. The van der Waals surface area contributed by atoms with Crippen LogP contribution in [0, 0.1) is 0 Å². The first kappa shape index (κ1) is 12.6. The smallest absolute Gasteiger partial charge is 0.107 e. The lowest BCUT2D eigenvalue weighted by atomic mass is 9.82. The Labute approximate surface area is 113 Å². The summed E-state index contributed by atoms with van der Waals surface area (Å²) in [5.74, 6) is 0. The summed E-state index contributed by atoms with van der Waals surface area (Å²) in [6.07, 6.45) is 9.56. The van der Waals surface area contributed by atoms with Gasteiger partial charge < -0.3 is 5.73 Å². The van der Waals surface area contributed by atoms with Crippen LogP contribution < -0.4 is 5.73 Å². The maximum atomic E-state index is 6.17. The third-order valence-electron chi connectivity index (χ3n) is 4.43. The van der Waals surface area contributed by atoms with Crippen molar-refractivity contribution < 1.29 is 0 Å². The van der Waals surface area contributed by atoms with E-state index in [1.54, 1.807) is 0 Å². The first-order valence-corrected chi connectivity index (χ1v) is 8.02. The molecule has 2 bridgehead atoms. The van der Waals surface area contributed by atoms with Gasteiger partial charge in [-0.05, 0) is 32.1 Å². The zero-order valence-corrected chi connectivity index (χ0v) is 12.0. The van der Waals surface area contributed by atoms with Gasteiger partial charge in [0.2, 0.25) is 0 Å². The third kappa shape index (κ3) is 2.46. The maximum absolute atomic E-state index is 6.17. The van der Waals surface area contributed by atoms with Crippen LogP contribution >= 0.6 is 11.3 Å². The molecule has 2 aliphatic heterocycles. The second-order valence-corrected chi connectivity index (χ2v) is 6.92. The molecule has 0 radical (unpaired) electrons. The molecule has 2 N–H and O–H groups in total. The minimum absolute atomic E-state index is 0.430. The lowest BCUT2D eigenvalue weighted by Crippen LogP contribution is -2.54. The highest BCUT2D eigenvalue weighted by Crippen LogP contribution is 2.35. The van der Waals surface area contributed by atoms with Crippen LogP contribution in [0.3, 0.4) is 0 Å². The van der Waals surface area contributed by atoms with Crippen LogP contribution in [-0.4, -0.2) is 28.0 Å². The van der Waals surface area contributed by atoms with Gasteiger partial charge in [-0.3, -0.25) is 4.90 Å². The fraction of sp³-hybridized carbons (Fsp3) is 0.786. The van der Waals surface area contributed by atoms with E-state index in [2.05, 4.69) is 16.8 Å². The molecule has 2 saturated heterocycles. The molecule has 18 heavy (non-hydrogen) atoms. The van der Waals surface area contributed by atoms with Crippen LogP contribution in [0.2, 0.25) is 0 Å². The van der Waals surface area contributed by atoms with Crippen LogP contribution in [0.1, 0.15) is 48.9 Å². The van der Waals surface area contributed by atoms with Gasteiger partial charge in [0.25, 0.3) is 0 Å². The minimum atomic E-state index is 0.430. The van der Waals surface area contributed by atoms with E-state index in [4.69, 9.17) is 5.73 Å². The van der Waals surface area contributed by atoms with Gasteiger partial charge in [0.15, 0.2) is 0 Å². The minimum Gasteiger partial charge on any atom is -0.328 e. The number of rotatable bonds is 3. The van der Waals surface area contributed by atoms with Crippen molar-refractivity contribution in [1.82, 2.24) is 9.88 Å². The Balaban J connectivity index is 1.71. The summed E-state index contributed by atoms with van der Waals surface area (Å²) in [4.78, 5) is 8.67. The van der Waals surface area contributed by atoms with Crippen LogP contribution in [0.5, 0.6) is 0 Å². The molecule has 0 aromatic carbocycles. The van der Waals surface area contributed by atoms with Crippen molar-refractivity contribution in [2.75, 3.05) is 0 Å². The molecule has 0 amide bonds. The highest BCUT2D eigenvalue weighted by atomic mass is 32.1. The average molecular weight is 265 g/mol. The van der Waals surface area contributed by atoms with E-state index >= 15 is 0 Å². The number of hydrogen-bond donors (Lipinski definition) is 1. The van der Waals surface area contributed by atoms with Gasteiger partial charge in [0, 0.05) is 29.2 Å². The molecule has 2 unspecified atom stereocenters. The largest absolute Gasteiger partial charge is 0.328 e. The summed E-state index contributed by atoms with van der Waals surface area (Å²) in [7, 11) is 0. The predicted octanol–water partition coefficient (Wildman–Crippen LogP) is 2.55. The predicted molar refractivity (Wildman–Crippen MR) is 75.7 cm³/mol. The van der Waals surface area contributed by atoms with Crippen molar-refractivity contribution in [2.24, 2.45) is 5.73 Å². The molecule has 0 spiro atoms. The number of piperidine rings is 2. The molecule has 2 aliphatic rings. The Morgan fingerprint density at radius 2 is 2.11 bits per heavy atom. The molecule has 100 valence electrons. The monoisotopic (exact) mass is 265 g/mol. The van der Waals surface area contributed by atoms with Crippen molar-refractivity contribution in [3.05, 3.63) is 16.1 Å². The van der Waals surface area contributed by atoms with Gasteiger partial charge in [-0.15, -0.1) is 11.3 Å². The normalized spacial score (nSPS) is 32.7. The topological polar surface area (TPSA) is 42.2 Å². The Kier molecular flexibility index (Phi) is 3.68. The van der Waals surface area contributed by atoms with Gasteiger partial charge in [0.1, 0.15) is 5.01 Å². The molecule has 1 aromatic rings. The van der Waals surface area contributed by atoms with Crippen LogP contribution in [-0.2, 0) is 13.0 Å². The molecule has 3 heterocycles. The zero-order valence-electron chi connectivity index (χ0n) is 11.1. The summed E-state index contributed by atoms with van der Waals surface area (Å²) in [6.45, 7) is 3.25. The van der Waals surface area contributed by atoms with Crippen LogP contribution in [0.4, 0.5) is 0 Å². The summed E-state index contributed by atoms with van der Waals surface area (Å²) in [6, 6.07) is 1.85. The third-order valence-corrected chi connectivity index (χ3v) is 5.56. The van der Waals surface area contributed by atoms with E-state index in [0.717, 1.165) is 13.0 Å². The lowest BCUT2D eigenvalue weighted by Gasteiger charge is -2.47. The molecule has 3 nitrogen and oxygen atoms in total. The first-order valence-electron chi connectivity index (χ1n) is 7.21. The Hall–Kier alpha value is -0.450. The van der Waals surface area contributed by atoms with Crippen molar-refractivity contribution in [2.45, 2.75) is 70.1 Å². The van der Waals surface area contributed by atoms with Crippen LogP contribution in [0.25, 0.3) is 0 Å². The lowest BCUT2D eigenvalue weighted by molar-refractivity contribution is 0.0244. The van der Waals surface area contributed by atoms with Crippen molar-refractivity contribution in [3.8, 4) is 0 Å². The average Bonchev–Trinajstić information content (AvgIpc) is 2.78. The standard InChI is InChI=1S/C14H23N3S/c1-2-13-8-16-14(18-13)9-17-11-4-3-5-12(17)7-10(15)6-11/h8,10-12H,2-7,9,15H2,1H3. The van der Waals surface area contributed by atoms with Crippen LogP contribution in [0.15, 0.2) is 6.20 Å².